The zero-order valence-electron chi connectivity index (χ0n) is 18.2. The van der Waals surface area contributed by atoms with Crippen LogP contribution in [0.2, 0.25) is 0 Å². The van der Waals surface area contributed by atoms with Crippen LogP contribution < -0.4 is 19.0 Å². The lowest BCUT2D eigenvalue weighted by molar-refractivity contribution is -0.384. The summed E-state index contributed by atoms with van der Waals surface area (Å²) in [4.78, 5) is 26.4. The number of carbonyl (C=O) groups is 1. The normalized spacial score (nSPS) is 11.7. The third kappa shape index (κ3) is 4.89. The summed E-state index contributed by atoms with van der Waals surface area (Å²) in [5, 5.41) is 14.1. The number of halogens is 3. The molecule has 15 heteroatoms. The van der Waals surface area contributed by atoms with E-state index in [1.807, 2.05) is 0 Å². The molecular weight excluding hydrogens is 499 g/mol. The second-order valence-electron chi connectivity index (χ2n) is 6.83. The molecule has 1 aromatic heterocycles. The van der Waals surface area contributed by atoms with E-state index in [9.17, 15) is 36.5 Å². The SMILES string of the molecule is COc1c(NC(C)=O)cc(OC)c2c(-c3ccccc3[N+](=O)[O-])cc(OS(=O)(=O)C(F)(F)F)nc12. The summed E-state index contributed by atoms with van der Waals surface area (Å²) >= 11 is 0. The van der Waals surface area contributed by atoms with E-state index >= 15 is 0 Å². The van der Waals surface area contributed by atoms with Crippen LogP contribution in [0.5, 0.6) is 17.4 Å². The molecule has 0 aliphatic heterocycles. The minimum absolute atomic E-state index is 0.00423. The summed E-state index contributed by atoms with van der Waals surface area (Å²) in [7, 11) is -3.75. The first-order valence-corrected chi connectivity index (χ1v) is 10.8. The second-order valence-corrected chi connectivity index (χ2v) is 8.37. The average Bonchev–Trinajstić information content (AvgIpc) is 2.76. The summed E-state index contributed by atoms with van der Waals surface area (Å²) in [6.45, 7) is 1.18. The molecule has 3 rings (SSSR count). The van der Waals surface area contributed by atoms with Gasteiger partial charge in [-0.05, 0) is 6.07 Å². The number of methoxy groups -OCH3 is 2. The number of rotatable bonds is 7. The standard InChI is InChI=1S/C20H16F3N3O8S/c1-10(27)24-13-9-15(32-2)17-12(11-6-4-5-7-14(11)26(28)29)8-16(25-18(17)19(13)33-3)34-35(30,31)20(21,22)23/h4-9H,1-3H3,(H,24,27). The van der Waals surface area contributed by atoms with E-state index in [1.165, 1.54) is 45.4 Å². The van der Waals surface area contributed by atoms with Gasteiger partial charge in [-0.25, -0.2) is 4.98 Å². The predicted octanol–water partition coefficient (Wildman–Crippen LogP) is 4.01. The number of nitro benzene ring substituents is 1. The third-order valence-corrected chi connectivity index (χ3v) is 5.54. The number of aromatic nitrogens is 1. The second kappa shape index (κ2) is 9.25. The molecule has 0 spiro atoms. The monoisotopic (exact) mass is 515 g/mol. The first-order valence-electron chi connectivity index (χ1n) is 9.42. The molecule has 0 aliphatic rings. The van der Waals surface area contributed by atoms with Gasteiger partial charge in [0.25, 0.3) is 5.69 Å². The van der Waals surface area contributed by atoms with Crippen molar-refractivity contribution < 1.29 is 45.0 Å². The zero-order chi connectivity index (χ0) is 26.1. The van der Waals surface area contributed by atoms with E-state index in [0.717, 1.165) is 12.1 Å². The highest BCUT2D eigenvalue weighted by Gasteiger charge is 2.49. The molecular formula is C20H16F3N3O8S. The Kier molecular flexibility index (Phi) is 6.73. The highest BCUT2D eigenvalue weighted by atomic mass is 32.2. The number of hydrogen-bond donors (Lipinski definition) is 1. The van der Waals surface area contributed by atoms with Gasteiger partial charge in [0.1, 0.15) is 11.3 Å². The Morgan fingerprint density at radius 3 is 2.31 bits per heavy atom. The number of benzene rings is 2. The van der Waals surface area contributed by atoms with Crippen molar-refractivity contribution in [1.82, 2.24) is 4.98 Å². The molecule has 3 aromatic rings. The van der Waals surface area contributed by atoms with Crippen molar-refractivity contribution in [2.45, 2.75) is 12.4 Å². The molecule has 1 amide bonds. The lowest BCUT2D eigenvalue weighted by Crippen LogP contribution is -2.28. The number of nitrogens with zero attached hydrogens (tertiary/aromatic N) is 2. The molecule has 11 nitrogen and oxygen atoms in total. The first-order chi connectivity index (χ1) is 16.3. The van der Waals surface area contributed by atoms with Crippen LogP contribution in [-0.4, -0.2) is 44.0 Å². The molecule has 2 aromatic carbocycles. The zero-order valence-corrected chi connectivity index (χ0v) is 19.0. The van der Waals surface area contributed by atoms with Gasteiger partial charge in [-0.3, -0.25) is 14.9 Å². The maximum atomic E-state index is 13.0. The fourth-order valence-electron chi connectivity index (χ4n) is 3.26. The van der Waals surface area contributed by atoms with Gasteiger partial charge >= 0.3 is 15.6 Å². The van der Waals surface area contributed by atoms with Gasteiger partial charge in [0.2, 0.25) is 11.8 Å². The number of amides is 1. The van der Waals surface area contributed by atoms with E-state index in [2.05, 4.69) is 14.5 Å². The van der Waals surface area contributed by atoms with Crippen molar-refractivity contribution in [2.24, 2.45) is 0 Å². The van der Waals surface area contributed by atoms with Crippen LogP contribution in [0.4, 0.5) is 24.5 Å². The number of pyridine rings is 1. The molecule has 0 saturated carbocycles. The van der Waals surface area contributed by atoms with Gasteiger partial charge in [0, 0.05) is 30.7 Å². The van der Waals surface area contributed by atoms with Crippen molar-refractivity contribution >= 4 is 38.3 Å². The van der Waals surface area contributed by atoms with Crippen molar-refractivity contribution in [2.75, 3.05) is 19.5 Å². The van der Waals surface area contributed by atoms with Gasteiger partial charge in [0.15, 0.2) is 5.75 Å². The Morgan fingerprint density at radius 1 is 1.11 bits per heavy atom. The van der Waals surface area contributed by atoms with Crippen LogP contribution in [0.1, 0.15) is 6.92 Å². The smallest absolute Gasteiger partial charge is 0.496 e. The minimum atomic E-state index is -6.15. The molecule has 0 atom stereocenters. The number of ether oxygens (including phenoxy) is 2. The van der Waals surface area contributed by atoms with E-state index in [0.29, 0.717) is 0 Å². The van der Waals surface area contributed by atoms with Gasteiger partial charge in [0.05, 0.1) is 35.8 Å². The Bertz CT molecular complexity index is 1440. The average molecular weight is 515 g/mol. The molecule has 1 heterocycles. The van der Waals surface area contributed by atoms with Crippen LogP contribution in [0.3, 0.4) is 0 Å². The van der Waals surface area contributed by atoms with Gasteiger partial charge in [-0.1, -0.05) is 12.1 Å². The van der Waals surface area contributed by atoms with Crippen molar-refractivity contribution in [3.63, 3.8) is 0 Å². The number of alkyl halides is 3. The summed E-state index contributed by atoms with van der Waals surface area (Å²) in [6.07, 6.45) is 0. The Labute approximate surface area is 195 Å². The maximum Gasteiger partial charge on any atom is 0.534 e. The number of anilines is 1. The van der Waals surface area contributed by atoms with Crippen molar-refractivity contribution in [3.05, 3.63) is 46.5 Å². The van der Waals surface area contributed by atoms with Crippen LogP contribution >= 0.6 is 0 Å². The Morgan fingerprint density at radius 2 is 1.77 bits per heavy atom. The summed E-state index contributed by atoms with van der Waals surface area (Å²) in [5.74, 6) is -1.79. The molecule has 0 bridgehead atoms. The van der Waals surface area contributed by atoms with E-state index in [1.54, 1.807) is 0 Å². The van der Waals surface area contributed by atoms with Crippen LogP contribution in [0.15, 0.2) is 36.4 Å². The van der Waals surface area contributed by atoms with Gasteiger partial charge < -0.3 is 19.0 Å². The fourth-order valence-corrected chi connectivity index (χ4v) is 3.66. The Hall–Kier alpha value is -4.14. The quantitative estimate of drug-likeness (QED) is 0.213. The maximum absolute atomic E-state index is 13.0. The van der Waals surface area contributed by atoms with Gasteiger partial charge in [-0.2, -0.15) is 21.6 Å². The summed E-state index contributed by atoms with van der Waals surface area (Å²) in [5.41, 5.74) is -6.77. The Balaban J connectivity index is 2.51. The number of nitro groups is 1. The van der Waals surface area contributed by atoms with E-state index in [-0.39, 0.29) is 39.2 Å². The molecule has 186 valence electrons. The lowest BCUT2D eigenvalue weighted by atomic mass is 9.98. The molecule has 0 saturated heterocycles. The number of nitrogens with one attached hydrogen (secondary N) is 1. The molecule has 1 N–H and O–H groups in total. The van der Waals surface area contributed by atoms with Crippen LogP contribution in [0, 0.1) is 10.1 Å². The number of carbonyl (C=O) groups excluding carboxylic acids is 1. The summed E-state index contributed by atoms with van der Waals surface area (Å²) < 4.78 is 77.1. The number of fused-ring (bicyclic) bond motifs is 1. The lowest BCUT2D eigenvalue weighted by Gasteiger charge is -2.18. The highest BCUT2D eigenvalue weighted by Crippen LogP contribution is 2.46. The van der Waals surface area contributed by atoms with E-state index in [4.69, 9.17) is 9.47 Å². The largest absolute Gasteiger partial charge is 0.534 e. The molecule has 0 aliphatic carbocycles. The third-order valence-electron chi connectivity index (χ3n) is 4.58. The minimum Gasteiger partial charge on any atom is -0.496 e. The molecule has 35 heavy (non-hydrogen) atoms. The van der Waals surface area contributed by atoms with Crippen molar-refractivity contribution in [3.8, 4) is 28.5 Å². The number of para-hydroxylation sites is 1. The van der Waals surface area contributed by atoms with Crippen LogP contribution in [-0.2, 0) is 14.9 Å². The molecule has 0 radical (unpaired) electrons. The van der Waals surface area contributed by atoms with Gasteiger partial charge in [-0.15, -0.1) is 0 Å². The first kappa shape index (κ1) is 25.5. The van der Waals surface area contributed by atoms with Crippen LogP contribution in [0.25, 0.3) is 22.0 Å². The fraction of sp³-hybridized carbons (Fsp3) is 0.200. The molecule has 0 fully saturated rings. The predicted molar refractivity (Wildman–Crippen MR) is 117 cm³/mol. The topological polar surface area (TPSA) is 147 Å². The summed E-state index contributed by atoms with van der Waals surface area (Å²) in [6, 6.07) is 7.34. The molecule has 0 unspecified atom stereocenters. The highest BCUT2D eigenvalue weighted by molar-refractivity contribution is 7.87. The van der Waals surface area contributed by atoms with E-state index < -0.39 is 38.0 Å². The van der Waals surface area contributed by atoms with Crippen molar-refractivity contribution in [1.29, 1.82) is 0 Å². The number of hydrogen-bond acceptors (Lipinski definition) is 9.